The number of para-hydroxylation sites is 1. The largest absolute Gasteiger partial charge is 0.493 e. The van der Waals surface area contributed by atoms with E-state index in [1.165, 1.54) is 12.1 Å². The Morgan fingerprint density at radius 1 is 1.38 bits per heavy atom. The Bertz CT molecular complexity index is 665. The second-order valence-corrected chi connectivity index (χ2v) is 4.03. The van der Waals surface area contributed by atoms with Gasteiger partial charge in [-0.2, -0.15) is 23.0 Å². The maximum Gasteiger partial charge on any atom is 0.418 e. The van der Waals surface area contributed by atoms with Crippen LogP contribution in [0.15, 0.2) is 30.3 Å². The van der Waals surface area contributed by atoms with E-state index in [1.54, 1.807) is 6.92 Å². The summed E-state index contributed by atoms with van der Waals surface area (Å²) < 4.78 is 44.1. The first-order chi connectivity index (χ1) is 9.84. The minimum Gasteiger partial charge on any atom is -0.493 e. The van der Waals surface area contributed by atoms with E-state index in [4.69, 9.17) is 0 Å². The third-order valence-electron chi connectivity index (χ3n) is 2.61. The zero-order valence-corrected chi connectivity index (χ0v) is 10.9. The fraction of sp³-hybridized carbons (Fsp3) is 0.231. The minimum atomic E-state index is -4.61. The molecule has 8 heteroatoms. The number of halogens is 3. The molecule has 5 nitrogen and oxygen atoms in total. The van der Waals surface area contributed by atoms with Crippen molar-refractivity contribution in [2.45, 2.75) is 13.1 Å². The molecule has 2 rings (SSSR count). The standard InChI is InChI=1S/C13H11F3N2O3/c1-2-21-12(20)9-7-11(19)18(17-9)10-6-4-3-5-8(10)13(14,15)16/h3-7,19H,2H2,1H3. The van der Waals surface area contributed by atoms with E-state index in [0.29, 0.717) is 4.68 Å². The van der Waals surface area contributed by atoms with Crippen molar-refractivity contribution in [3.8, 4) is 11.6 Å². The highest BCUT2D eigenvalue weighted by atomic mass is 19.4. The van der Waals surface area contributed by atoms with E-state index in [2.05, 4.69) is 9.84 Å². The number of nitrogens with zero attached hydrogens (tertiary/aromatic N) is 2. The highest BCUT2D eigenvalue weighted by Gasteiger charge is 2.34. The summed E-state index contributed by atoms with van der Waals surface area (Å²) in [4.78, 5) is 11.5. The molecule has 0 amide bonds. The Balaban J connectivity index is 2.51. The molecule has 1 aromatic heterocycles. The number of ether oxygens (including phenoxy) is 1. The minimum absolute atomic E-state index is 0.0889. The maximum atomic E-state index is 12.9. The van der Waals surface area contributed by atoms with Crippen molar-refractivity contribution < 1.29 is 27.8 Å². The van der Waals surface area contributed by atoms with Crippen molar-refractivity contribution in [3.05, 3.63) is 41.6 Å². The highest BCUT2D eigenvalue weighted by Crippen LogP contribution is 2.34. The summed E-state index contributed by atoms with van der Waals surface area (Å²) in [5.74, 6) is -1.41. The van der Waals surface area contributed by atoms with E-state index in [1.807, 2.05) is 0 Å². The van der Waals surface area contributed by atoms with Gasteiger partial charge in [-0.15, -0.1) is 0 Å². The second kappa shape index (κ2) is 5.47. The smallest absolute Gasteiger partial charge is 0.418 e. The summed E-state index contributed by atoms with van der Waals surface area (Å²) in [7, 11) is 0. The molecule has 0 bridgehead atoms. The SMILES string of the molecule is CCOC(=O)c1cc(O)n(-c2ccccc2C(F)(F)F)n1. The van der Waals surface area contributed by atoms with Crippen LogP contribution in [0.2, 0.25) is 0 Å². The summed E-state index contributed by atoms with van der Waals surface area (Å²) in [5, 5.41) is 13.4. The van der Waals surface area contributed by atoms with Crippen LogP contribution in [-0.4, -0.2) is 27.5 Å². The Labute approximate surface area is 117 Å². The number of rotatable bonds is 3. The average Bonchev–Trinajstić information content (AvgIpc) is 2.80. The molecule has 0 spiro atoms. The van der Waals surface area contributed by atoms with Crippen molar-refractivity contribution in [2.24, 2.45) is 0 Å². The predicted molar refractivity (Wildman–Crippen MR) is 66.2 cm³/mol. The van der Waals surface area contributed by atoms with Gasteiger partial charge in [0, 0.05) is 6.07 Å². The van der Waals surface area contributed by atoms with Crippen LogP contribution in [0.5, 0.6) is 5.88 Å². The Hall–Kier alpha value is -2.51. The molecule has 0 unspecified atom stereocenters. The van der Waals surface area contributed by atoms with Gasteiger partial charge in [0.1, 0.15) is 0 Å². The molecule has 2 aromatic rings. The van der Waals surface area contributed by atoms with Gasteiger partial charge < -0.3 is 9.84 Å². The van der Waals surface area contributed by atoms with Crippen LogP contribution >= 0.6 is 0 Å². The molecule has 0 saturated carbocycles. The third-order valence-corrected chi connectivity index (χ3v) is 2.61. The summed E-state index contributed by atoms with van der Waals surface area (Å²) in [6, 6.07) is 5.55. The summed E-state index contributed by atoms with van der Waals surface area (Å²) in [6.07, 6.45) is -4.61. The molecule has 0 aliphatic heterocycles. The molecule has 0 radical (unpaired) electrons. The number of esters is 1. The van der Waals surface area contributed by atoms with Crippen molar-refractivity contribution in [3.63, 3.8) is 0 Å². The van der Waals surface area contributed by atoms with Gasteiger partial charge in [-0.25, -0.2) is 4.79 Å². The third kappa shape index (κ3) is 2.99. The number of carbonyl (C=O) groups is 1. The van der Waals surface area contributed by atoms with Gasteiger partial charge >= 0.3 is 12.1 Å². The van der Waals surface area contributed by atoms with Crippen LogP contribution in [0.3, 0.4) is 0 Å². The van der Waals surface area contributed by atoms with Crippen LogP contribution in [0, 0.1) is 0 Å². The van der Waals surface area contributed by atoms with E-state index < -0.39 is 23.6 Å². The molecule has 21 heavy (non-hydrogen) atoms. The van der Waals surface area contributed by atoms with Crippen molar-refractivity contribution in [2.75, 3.05) is 6.61 Å². The molecule has 0 fully saturated rings. The van der Waals surface area contributed by atoms with Crippen LogP contribution < -0.4 is 0 Å². The first-order valence-electron chi connectivity index (χ1n) is 5.97. The number of alkyl halides is 3. The van der Waals surface area contributed by atoms with Crippen LogP contribution in [0.4, 0.5) is 13.2 Å². The molecule has 1 aromatic carbocycles. The van der Waals surface area contributed by atoms with Gasteiger partial charge in [0.2, 0.25) is 5.88 Å². The maximum absolute atomic E-state index is 12.9. The van der Waals surface area contributed by atoms with Crippen molar-refractivity contribution in [1.82, 2.24) is 9.78 Å². The lowest BCUT2D eigenvalue weighted by atomic mass is 10.1. The first-order valence-corrected chi connectivity index (χ1v) is 5.97. The van der Waals surface area contributed by atoms with Crippen molar-refractivity contribution in [1.29, 1.82) is 0 Å². The van der Waals surface area contributed by atoms with Gasteiger partial charge in [-0.3, -0.25) is 0 Å². The van der Waals surface area contributed by atoms with Crippen LogP contribution in [0.25, 0.3) is 5.69 Å². The quantitative estimate of drug-likeness (QED) is 0.885. The van der Waals surface area contributed by atoms with E-state index in [9.17, 15) is 23.1 Å². The normalized spacial score (nSPS) is 11.4. The highest BCUT2D eigenvalue weighted by molar-refractivity contribution is 5.87. The van der Waals surface area contributed by atoms with Gasteiger partial charge in [0.05, 0.1) is 17.9 Å². The van der Waals surface area contributed by atoms with Crippen LogP contribution in [0.1, 0.15) is 23.0 Å². The lowest BCUT2D eigenvalue weighted by molar-refractivity contribution is -0.137. The Morgan fingerprint density at radius 3 is 2.67 bits per heavy atom. The monoisotopic (exact) mass is 300 g/mol. The number of hydrogen-bond acceptors (Lipinski definition) is 4. The number of benzene rings is 1. The molecular formula is C13H11F3N2O3. The van der Waals surface area contributed by atoms with Gasteiger partial charge in [-0.05, 0) is 19.1 Å². The van der Waals surface area contributed by atoms with Gasteiger partial charge in [-0.1, -0.05) is 12.1 Å². The number of carbonyl (C=O) groups excluding carboxylic acids is 1. The number of aromatic nitrogens is 2. The topological polar surface area (TPSA) is 64.3 Å². The van der Waals surface area contributed by atoms with E-state index >= 15 is 0 Å². The molecule has 0 aliphatic carbocycles. The summed E-state index contributed by atoms with van der Waals surface area (Å²) in [5.41, 5.74) is -1.62. The van der Waals surface area contributed by atoms with E-state index in [-0.39, 0.29) is 18.0 Å². The first kappa shape index (κ1) is 14.9. The predicted octanol–water partition coefficient (Wildman–Crippen LogP) is 2.77. The lowest BCUT2D eigenvalue weighted by Gasteiger charge is -2.12. The molecule has 1 N–H and O–H groups in total. The van der Waals surface area contributed by atoms with Crippen LogP contribution in [-0.2, 0) is 10.9 Å². The Kier molecular flexibility index (Phi) is 3.88. The molecule has 112 valence electrons. The fourth-order valence-corrected chi connectivity index (χ4v) is 1.75. The fourth-order valence-electron chi connectivity index (χ4n) is 1.75. The Morgan fingerprint density at radius 2 is 2.05 bits per heavy atom. The molecule has 0 aliphatic rings. The lowest BCUT2D eigenvalue weighted by Crippen LogP contribution is -2.12. The molecule has 0 saturated heterocycles. The second-order valence-electron chi connectivity index (χ2n) is 4.03. The zero-order valence-electron chi connectivity index (χ0n) is 10.9. The molecular weight excluding hydrogens is 289 g/mol. The van der Waals surface area contributed by atoms with Crippen molar-refractivity contribution >= 4 is 5.97 Å². The zero-order chi connectivity index (χ0) is 15.6. The van der Waals surface area contributed by atoms with Gasteiger partial charge in [0.25, 0.3) is 0 Å². The number of aromatic hydroxyl groups is 1. The van der Waals surface area contributed by atoms with E-state index in [0.717, 1.165) is 18.2 Å². The number of hydrogen-bond donors (Lipinski definition) is 1. The summed E-state index contributed by atoms with van der Waals surface area (Å²) >= 11 is 0. The molecule has 0 atom stereocenters. The molecule has 1 heterocycles. The summed E-state index contributed by atoms with van der Waals surface area (Å²) in [6.45, 7) is 1.67. The van der Waals surface area contributed by atoms with Gasteiger partial charge in [0.15, 0.2) is 5.69 Å². The average molecular weight is 300 g/mol.